The highest BCUT2D eigenvalue weighted by Gasteiger charge is 2.32. The molecule has 0 bridgehead atoms. The summed E-state index contributed by atoms with van der Waals surface area (Å²) in [7, 11) is -0.382. The number of rotatable bonds is 5. The molecule has 1 aromatic rings. The highest BCUT2D eigenvalue weighted by molar-refractivity contribution is 7.89. The van der Waals surface area contributed by atoms with Crippen LogP contribution < -0.4 is 5.32 Å². The molecule has 1 aliphatic rings. The number of nitrogens with zero attached hydrogens (tertiary/aromatic N) is 3. The molecule has 11 heteroatoms. The van der Waals surface area contributed by atoms with Gasteiger partial charge >= 0.3 is 0 Å². The molecular formula is C15H21F3N4O2S2. The molecule has 0 unspecified atom stereocenters. The Hall–Kier alpha value is -1.43. The normalized spacial score (nSPS) is 16.2. The summed E-state index contributed by atoms with van der Waals surface area (Å²) in [5.74, 6) is -4.93. The molecular weight excluding hydrogens is 389 g/mol. The molecule has 1 N–H and O–H groups in total. The van der Waals surface area contributed by atoms with Crippen LogP contribution in [-0.4, -0.2) is 81.0 Å². The highest BCUT2D eigenvalue weighted by atomic mass is 32.2. The van der Waals surface area contributed by atoms with Gasteiger partial charge in [-0.15, -0.1) is 0 Å². The van der Waals surface area contributed by atoms with E-state index in [2.05, 4.69) is 5.32 Å². The lowest BCUT2D eigenvalue weighted by molar-refractivity contribution is 0.262. The third-order valence-corrected chi connectivity index (χ3v) is 6.30. The van der Waals surface area contributed by atoms with Crippen molar-refractivity contribution >= 4 is 27.4 Å². The first kappa shape index (κ1) is 20.9. The summed E-state index contributed by atoms with van der Waals surface area (Å²) in [5, 5.41) is 3.60. The Balaban J connectivity index is 2.01. The number of hydrogen-bond donors (Lipinski definition) is 1. The minimum atomic E-state index is -4.25. The lowest BCUT2D eigenvalue weighted by Crippen LogP contribution is -2.53. The van der Waals surface area contributed by atoms with Gasteiger partial charge in [-0.05, 0) is 38.4 Å². The van der Waals surface area contributed by atoms with Crippen molar-refractivity contribution in [2.45, 2.75) is 4.90 Å². The van der Waals surface area contributed by atoms with Crippen LogP contribution in [0.25, 0.3) is 0 Å². The van der Waals surface area contributed by atoms with E-state index in [1.54, 1.807) is 0 Å². The van der Waals surface area contributed by atoms with E-state index >= 15 is 0 Å². The van der Waals surface area contributed by atoms with Crippen LogP contribution in [0.5, 0.6) is 0 Å². The van der Waals surface area contributed by atoms with Gasteiger partial charge in [0.1, 0.15) is 4.90 Å². The second kappa shape index (κ2) is 8.51. The van der Waals surface area contributed by atoms with Crippen molar-refractivity contribution < 1.29 is 21.6 Å². The van der Waals surface area contributed by atoms with Crippen molar-refractivity contribution in [1.82, 2.24) is 19.4 Å². The smallest absolute Gasteiger partial charge is 0.246 e. The Morgan fingerprint density at radius 1 is 1.15 bits per heavy atom. The molecule has 1 saturated heterocycles. The van der Waals surface area contributed by atoms with Crippen molar-refractivity contribution in [2.75, 3.05) is 53.4 Å². The Kier molecular flexibility index (Phi) is 6.83. The summed E-state index contributed by atoms with van der Waals surface area (Å²) in [5.41, 5.74) is 0. The number of hydrogen-bond acceptors (Lipinski definition) is 4. The lowest BCUT2D eigenvalue weighted by atomic mass is 10.3. The Bertz CT molecular complexity index is 766. The number of benzene rings is 1. The van der Waals surface area contributed by atoms with Crippen molar-refractivity contribution in [3.63, 3.8) is 0 Å². The largest absolute Gasteiger partial charge is 0.361 e. The molecule has 2 rings (SSSR count). The van der Waals surface area contributed by atoms with Gasteiger partial charge in [0.15, 0.2) is 22.6 Å². The van der Waals surface area contributed by atoms with Crippen LogP contribution in [0.1, 0.15) is 0 Å². The third kappa shape index (κ3) is 4.64. The molecule has 0 spiro atoms. The van der Waals surface area contributed by atoms with Crippen LogP contribution in [0, 0.1) is 17.5 Å². The van der Waals surface area contributed by atoms with Gasteiger partial charge in [-0.1, -0.05) is 0 Å². The number of nitrogens with one attached hydrogen (secondary N) is 1. The van der Waals surface area contributed by atoms with Gasteiger partial charge in [0.2, 0.25) is 10.0 Å². The van der Waals surface area contributed by atoms with E-state index < -0.39 is 32.4 Å². The predicted octanol–water partition coefficient (Wildman–Crippen LogP) is 0.846. The van der Waals surface area contributed by atoms with E-state index in [4.69, 9.17) is 12.2 Å². The maximum atomic E-state index is 13.9. The number of sulfonamides is 1. The fourth-order valence-corrected chi connectivity index (χ4v) is 4.24. The van der Waals surface area contributed by atoms with Gasteiger partial charge in [-0.2, -0.15) is 4.31 Å². The molecule has 0 atom stereocenters. The summed E-state index contributed by atoms with van der Waals surface area (Å²) >= 11 is 5.28. The molecule has 1 aliphatic heterocycles. The molecule has 1 heterocycles. The van der Waals surface area contributed by atoms with Gasteiger partial charge in [-0.3, -0.25) is 0 Å². The average Bonchev–Trinajstić information content (AvgIpc) is 2.59. The van der Waals surface area contributed by atoms with Gasteiger partial charge in [0.25, 0.3) is 0 Å². The van der Waals surface area contributed by atoms with Crippen molar-refractivity contribution in [3.05, 3.63) is 29.6 Å². The van der Waals surface area contributed by atoms with Gasteiger partial charge in [0, 0.05) is 39.3 Å². The van der Waals surface area contributed by atoms with E-state index in [0.717, 1.165) is 16.9 Å². The molecule has 26 heavy (non-hydrogen) atoms. The molecule has 0 aliphatic carbocycles. The maximum Gasteiger partial charge on any atom is 0.246 e. The second-order valence-corrected chi connectivity index (χ2v) is 8.39. The zero-order valence-corrected chi connectivity index (χ0v) is 16.1. The van der Waals surface area contributed by atoms with E-state index in [9.17, 15) is 21.6 Å². The van der Waals surface area contributed by atoms with E-state index in [1.165, 1.54) is 0 Å². The van der Waals surface area contributed by atoms with Gasteiger partial charge < -0.3 is 15.1 Å². The van der Waals surface area contributed by atoms with Crippen LogP contribution in [0.15, 0.2) is 17.0 Å². The highest BCUT2D eigenvalue weighted by Crippen LogP contribution is 2.23. The molecule has 146 valence electrons. The van der Waals surface area contributed by atoms with E-state index in [0.29, 0.717) is 30.8 Å². The summed E-state index contributed by atoms with van der Waals surface area (Å²) in [6, 6.07) is 1.34. The average molecular weight is 410 g/mol. The Morgan fingerprint density at radius 3 is 2.35 bits per heavy atom. The summed E-state index contributed by atoms with van der Waals surface area (Å²) in [6.07, 6.45) is 0. The van der Waals surface area contributed by atoms with Gasteiger partial charge in [-0.25, -0.2) is 21.6 Å². The molecule has 6 nitrogen and oxygen atoms in total. The van der Waals surface area contributed by atoms with Crippen LogP contribution in [0.4, 0.5) is 13.2 Å². The minimum absolute atomic E-state index is 0.0657. The molecule has 0 saturated carbocycles. The summed E-state index contributed by atoms with van der Waals surface area (Å²) in [6.45, 7) is 2.22. The molecule has 0 aromatic heterocycles. The number of piperazine rings is 1. The SMILES string of the molecule is CN(C)CCNC(=S)N1CCN(S(=O)(=O)c2ccc(F)c(F)c2F)CC1. The van der Waals surface area contributed by atoms with E-state index in [1.807, 2.05) is 23.9 Å². The fraction of sp³-hybridized carbons (Fsp3) is 0.533. The minimum Gasteiger partial charge on any atom is -0.361 e. The second-order valence-electron chi connectivity index (χ2n) is 6.10. The first-order valence-corrected chi connectivity index (χ1v) is 9.80. The molecule has 1 aromatic carbocycles. The van der Waals surface area contributed by atoms with Crippen molar-refractivity contribution in [3.8, 4) is 0 Å². The fourth-order valence-electron chi connectivity index (χ4n) is 2.48. The topological polar surface area (TPSA) is 55.9 Å². The first-order chi connectivity index (χ1) is 12.1. The Morgan fingerprint density at radius 2 is 1.77 bits per heavy atom. The van der Waals surface area contributed by atoms with Crippen LogP contribution in [0.2, 0.25) is 0 Å². The lowest BCUT2D eigenvalue weighted by Gasteiger charge is -2.35. The first-order valence-electron chi connectivity index (χ1n) is 7.95. The van der Waals surface area contributed by atoms with Gasteiger partial charge in [0.05, 0.1) is 0 Å². The van der Waals surface area contributed by atoms with Crippen LogP contribution in [-0.2, 0) is 10.0 Å². The monoisotopic (exact) mass is 410 g/mol. The standard InChI is InChI=1S/C15H21F3N4O2S2/c1-20(2)6-5-19-15(25)21-7-9-22(10-8-21)26(23,24)12-4-3-11(16)13(17)14(12)18/h3-4H,5-10H2,1-2H3,(H,19,25). The molecule has 0 radical (unpaired) electrons. The molecule has 1 fully saturated rings. The zero-order chi connectivity index (χ0) is 19.5. The van der Waals surface area contributed by atoms with Crippen LogP contribution >= 0.6 is 12.2 Å². The van der Waals surface area contributed by atoms with Crippen molar-refractivity contribution in [2.24, 2.45) is 0 Å². The number of likely N-dealkylation sites (N-methyl/N-ethyl adjacent to an activating group) is 1. The number of thiocarbonyl (C=S) groups is 1. The zero-order valence-electron chi connectivity index (χ0n) is 14.5. The quantitative estimate of drug-likeness (QED) is 0.574. The summed E-state index contributed by atoms with van der Waals surface area (Å²) < 4.78 is 66.3. The maximum absolute atomic E-state index is 13.9. The van der Waals surface area contributed by atoms with Crippen LogP contribution in [0.3, 0.4) is 0 Å². The summed E-state index contributed by atoms with van der Waals surface area (Å²) in [4.78, 5) is 2.95. The van der Waals surface area contributed by atoms with E-state index in [-0.39, 0.29) is 13.1 Å². The number of halogens is 3. The Labute approximate surface area is 156 Å². The predicted molar refractivity (Wildman–Crippen MR) is 95.8 cm³/mol. The van der Waals surface area contributed by atoms with Crippen molar-refractivity contribution in [1.29, 1.82) is 0 Å². The third-order valence-electron chi connectivity index (χ3n) is 3.98. The molecule has 0 amide bonds.